The summed E-state index contributed by atoms with van der Waals surface area (Å²) in [4.78, 5) is 18.4. The molecule has 0 unspecified atom stereocenters. The molecule has 1 aliphatic heterocycles. The Bertz CT molecular complexity index is 705. The van der Waals surface area contributed by atoms with E-state index in [9.17, 15) is 18.7 Å². The molecule has 0 aromatic carbocycles. The molecule has 2 aliphatic carbocycles. The van der Waals surface area contributed by atoms with Gasteiger partial charge < -0.3 is 14.7 Å². The number of hydrogen-bond donors (Lipinski definition) is 1. The van der Waals surface area contributed by atoms with Crippen LogP contribution in [-0.2, 0) is 4.79 Å². The monoisotopic (exact) mass is 380 g/mol. The number of hydrogen-bond acceptors (Lipinski definition) is 4. The third-order valence-electron chi connectivity index (χ3n) is 6.44. The molecule has 148 valence electrons. The van der Waals surface area contributed by atoms with E-state index < -0.39 is 6.43 Å². The molecule has 4 rings (SSSR count). The van der Waals surface area contributed by atoms with Gasteiger partial charge in [-0.05, 0) is 51.5 Å². The summed E-state index contributed by atoms with van der Waals surface area (Å²) in [5, 5.41) is 9.36. The first-order chi connectivity index (χ1) is 12.8. The summed E-state index contributed by atoms with van der Waals surface area (Å²) in [6.45, 7) is 3.20. The highest BCUT2D eigenvalue weighted by atomic mass is 19.3. The number of carbonyl (C=O) groups is 1. The lowest BCUT2D eigenvalue weighted by Gasteiger charge is -2.54. The second-order valence-electron chi connectivity index (χ2n) is 8.46. The summed E-state index contributed by atoms with van der Waals surface area (Å²) in [5.41, 5.74) is 0.466. The summed E-state index contributed by atoms with van der Waals surface area (Å²) in [5.74, 6) is 0.623. The fourth-order valence-electron chi connectivity index (χ4n) is 4.62. The van der Waals surface area contributed by atoms with E-state index in [2.05, 4.69) is 4.98 Å². The number of aliphatic hydroxyl groups is 1. The Hall–Kier alpha value is -1.76. The molecule has 3 aliphatic rings. The fourth-order valence-corrected chi connectivity index (χ4v) is 4.62. The third kappa shape index (κ3) is 3.66. The molecule has 1 spiro atoms. The van der Waals surface area contributed by atoms with Crippen molar-refractivity contribution in [3.63, 3.8) is 0 Å². The standard InChI is InChI=1S/C20H26F2N2O3/c1-12-16(18(21)22)2-3-17(23-12)27-15-4-6-20(7-5-15)10-24(11-20)19(26)13-8-14(25)9-13/h2-3,13-15,18,25H,4-11H2,1H3/t13-,14+. The van der Waals surface area contributed by atoms with Gasteiger partial charge in [0.15, 0.2) is 0 Å². The van der Waals surface area contributed by atoms with Crippen LogP contribution in [0.15, 0.2) is 12.1 Å². The van der Waals surface area contributed by atoms with Crippen LogP contribution in [0.1, 0.15) is 56.2 Å². The molecule has 1 N–H and O–H groups in total. The van der Waals surface area contributed by atoms with Crippen molar-refractivity contribution in [1.82, 2.24) is 9.88 Å². The van der Waals surface area contributed by atoms with Crippen LogP contribution < -0.4 is 4.74 Å². The maximum atomic E-state index is 12.8. The molecule has 2 saturated carbocycles. The van der Waals surface area contributed by atoms with Crippen LogP contribution in [0.3, 0.4) is 0 Å². The molecule has 1 amide bonds. The zero-order valence-electron chi connectivity index (χ0n) is 15.5. The SMILES string of the molecule is Cc1nc(OC2CCC3(CC2)CN(C(=O)[C@H]2C[C@@H](O)C2)C3)ccc1C(F)F. The van der Waals surface area contributed by atoms with Gasteiger partial charge >= 0.3 is 0 Å². The highest BCUT2D eigenvalue weighted by Crippen LogP contribution is 2.46. The lowest BCUT2D eigenvalue weighted by Crippen LogP contribution is -2.62. The molecule has 1 aromatic rings. The summed E-state index contributed by atoms with van der Waals surface area (Å²) in [6, 6.07) is 2.91. The first-order valence-electron chi connectivity index (χ1n) is 9.74. The van der Waals surface area contributed by atoms with Gasteiger partial charge in [0.2, 0.25) is 11.8 Å². The lowest BCUT2D eigenvalue weighted by molar-refractivity contribution is -0.158. The van der Waals surface area contributed by atoms with Crippen LogP contribution in [0, 0.1) is 18.3 Å². The van der Waals surface area contributed by atoms with Crippen LogP contribution in [-0.4, -0.2) is 46.2 Å². The van der Waals surface area contributed by atoms with E-state index in [0.29, 0.717) is 24.4 Å². The predicted octanol–water partition coefficient (Wildman–Crippen LogP) is 3.25. The molecule has 2 heterocycles. The highest BCUT2D eigenvalue weighted by Gasteiger charge is 2.49. The number of halogens is 2. The Balaban J connectivity index is 1.25. The Morgan fingerprint density at radius 2 is 1.96 bits per heavy atom. The van der Waals surface area contributed by atoms with Crippen molar-refractivity contribution in [3.05, 3.63) is 23.4 Å². The van der Waals surface area contributed by atoms with E-state index >= 15 is 0 Å². The Kier molecular flexibility index (Phi) is 4.82. The number of pyridine rings is 1. The molecule has 27 heavy (non-hydrogen) atoms. The van der Waals surface area contributed by atoms with Gasteiger partial charge in [-0.15, -0.1) is 0 Å². The summed E-state index contributed by atoms with van der Waals surface area (Å²) < 4.78 is 31.5. The summed E-state index contributed by atoms with van der Waals surface area (Å²) >= 11 is 0. The molecule has 5 nitrogen and oxygen atoms in total. The minimum atomic E-state index is -2.52. The molecule has 3 fully saturated rings. The van der Waals surface area contributed by atoms with Gasteiger partial charge in [-0.2, -0.15) is 0 Å². The number of ether oxygens (including phenoxy) is 1. The highest BCUT2D eigenvalue weighted by molar-refractivity contribution is 5.80. The van der Waals surface area contributed by atoms with Crippen molar-refractivity contribution in [2.24, 2.45) is 11.3 Å². The first-order valence-corrected chi connectivity index (χ1v) is 9.74. The molecule has 7 heteroatoms. The number of aryl methyl sites for hydroxylation is 1. The number of likely N-dealkylation sites (tertiary alicyclic amines) is 1. The Morgan fingerprint density at radius 3 is 2.52 bits per heavy atom. The zero-order chi connectivity index (χ0) is 19.2. The van der Waals surface area contributed by atoms with Crippen LogP contribution in [0.4, 0.5) is 8.78 Å². The van der Waals surface area contributed by atoms with E-state index in [1.807, 2.05) is 4.90 Å². The minimum Gasteiger partial charge on any atom is -0.474 e. The quantitative estimate of drug-likeness (QED) is 0.871. The van der Waals surface area contributed by atoms with E-state index in [1.54, 1.807) is 6.92 Å². The van der Waals surface area contributed by atoms with E-state index in [-0.39, 0.29) is 35.0 Å². The third-order valence-corrected chi connectivity index (χ3v) is 6.44. The van der Waals surface area contributed by atoms with Gasteiger partial charge in [0, 0.05) is 36.1 Å². The van der Waals surface area contributed by atoms with E-state index in [1.165, 1.54) is 12.1 Å². The predicted molar refractivity (Wildman–Crippen MR) is 94.6 cm³/mol. The van der Waals surface area contributed by atoms with Gasteiger partial charge in [-0.3, -0.25) is 4.79 Å². The first kappa shape index (κ1) is 18.6. The van der Waals surface area contributed by atoms with Gasteiger partial charge in [0.1, 0.15) is 6.10 Å². The normalized spacial score (nSPS) is 27.4. The van der Waals surface area contributed by atoms with Crippen molar-refractivity contribution in [2.75, 3.05) is 13.1 Å². The van der Waals surface area contributed by atoms with Crippen molar-refractivity contribution in [3.8, 4) is 5.88 Å². The number of carbonyl (C=O) groups excluding carboxylic acids is 1. The number of nitrogens with zero attached hydrogens (tertiary/aromatic N) is 2. The van der Waals surface area contributed by atoms with Crippen LogP contribution >= 0.6 is 0 Å². The van der Waals surface area contributed by atoms with Gasteiger partial charge in [0.05, 0.1) is 11.8 Å². The van der Waals surface area contributed by atoms with Gasteiger partial charge in [0.25, 0.3) is 6.43 Å². The van der Waals surface area contributed by atoms with Crippen LogP contribution in [0.5, 0.6) is 5.88 Å². The molecular weight excluding hydrogens is 354 g/mol. The number of amides is 1. The van der Waals surface area contributed by atoms with Crippen molar-refractivity contribution in [1.29, 1.82) is 0 Å². The molecule has 0 radical (unpaired) electrons. The minimum absolute atomic E-state index is 0.0162. The average Bonchev–Trinajstić information content (AvgIpc) is 2.57. The van der Waals surface area contributed by atoms with Crippen LogP contribution in [0.2, 0.25) is 0 Å². The Morgan fingerprint density at radius 1 is 1.30 bits per heavy atom. The number of alkyl halides is 2. The second kappa shape index (κ2) is 7.00. The second-order valence-corrected chi connectivity index (χ2v) is 8.46. The van der Waals surface area contributed by atoms with Crippen molar-refractivity contribution >= 4 is 5.91 Å². The lowest BCUT2D eigenvalue weighted by atomic mass is 9.67. The number of rotatable bonds is 4. The smallest absolute Gasteiger partial charge is 0.265 e. The molecular formula is C20H26F2N2O3. The molecule has 1 aromatic heterocycles. The van der Waals surface area contributed by atoms with E-state index in [0.717, 1.165) is 38.8 Å². The number of aliphatic hydroxyl groups excluding tert-OH is 1. The maximum absolute atomic E-state index is 12.8. The average molecular weight is 380 g/mol. The van der Waals surface area contributed by atoms with Crippen molar-refractivity contribution in [2.45, 2.75) is 64.1 Å². The van der Waals surface area contributed by atoms with E-state index in [4.69, 9.17) is 4.74 Å². The topological polar surface area (TPSA) is 62.7 Å². The molecule has 0 atom stereocenters. The van der Waals surface area contributed by atoms with Gasteiger partial charge in [-0.1, -0.05) is 0 Å². The molecule has 0 bridgehead atoms. The molecule has 1 saturated heterocycles. The summed E-state index contributed by atoms with van der Waals surface area (Å²) in [6.07, 6.45) is 2.23. The number of aromatic nitrogens is 1. The largest absolute Gasteiger partial charge is 0.474 e. The maximum Gasteiger partial charge on any atom is 0.265 e. The zero-order valence-corrected chi connectivity index (χ0v) is 15.5. The Labute approximate surface area is 157 Å². The van der Waals surface area contributed by atoms with Crippen LogP contribution in [0.25, 0.3) is 0 Å². The fraction of sp³-hybridized carbons (Fsp3) is 0.700. The van der Waals surface area contributed by atoms with Gasteiger partial charge in [-0.25, -0.2) is 13.8 Å². The van der Waals surface area contributed by atoms with Crippen molar-refractivity contribution < 1.29 is 23.4 Å². The summed E-state index contributed by atoms with van der Waals surface area (Å²) in [7, 11) is 0.